The zero-order valence-electron chi connectivity index (χ0n) is 15.2. The summed E-state index contributed by atoms with van der Waals surface area (Å²) in [5, 5.41) is 7.39. The van der Waals surface area contributed by atoms with Crippen molar-refractivity contribution in [2.75, 3.05) is 5.32 Å². The SMILES string of the molecule is CCc1ccc(NC(=S)N[C@H](c2ccccc2)c2cccc(C)c2)cc1. The van der Waals surface area contributed by atoms with Gasteiger partial charge in [0.05, 0.1) is 6.04 Å². The van der Waals surface area contributed by atoms with Crippen LogP contribution in [0.25, 0.3) is 0 Å². The van der Waals surface area contributed by atoms with Gasteiger partial charge in [0.1, 0.15) is 0 Å². The second-order valence-electron chi connectivity index (χ2n) is 6.41. The molecule has 0 saturated carbocycles. The van der Waals surface area contributed by atoms with Crippen molar-refractivity contribution >= 4 is 23.0 Å². The Morgan fingerprint density at radius 3 is 2.23 bits per heavy atom. The molecule has 0 spiro atoms. The summed E-state index contributed by atoms with van der Waals surface area (Å²) >= 11 is 5.58. The summed E-state index contributed by atoms with van der Waals surface area (Å²) in [5.41, 5.74) is 5.93. The molecule has 0 aromatic heterocycles. The van der Waals surface area contributed by atoms with Gasteiger partial charge < -0.3 is 10.6 Å². The van der Waals surface area contributed by atoms with Crippen molar-refractivity contribution in [1.29, 1.82) is 0 Å². The van der Waals surface area contributed by atoms with Crippen molar-refractivity contribution in [3.8, 4) is 0 Å². The molecule has 3 heteroatoms. The van der Waals surface area contributed by atoms with Gasteiger partial charge in [-0.3, -0.25) is 0 Å². The molecule has 132 valence electrons. The Balaban J connectivity index is 1.79. The van der Waals surface area contributed by atoms with Gasteiger partial charge in [-0.05, 0) is 54.4 Å². The molecule has 0 aliphatic heterocycles. The van der Waals surface area contributed by atoms with Crippen LogP contribution in [-0.4, -0.2) is 5.11 Å². The maximum absolute atomic E-state index is 5.58. The molecule has 3 aromatic rings. The predicted molar refractivity (Wildman–Crippen MR) is 115 cm³/mol. The maximum atomic E-state index is 5.58. The summed E-state index contributed by atoms with van der Waals surface area (Å²) in [6.07, 6.45) is 1.03. The Morgan fingerprint density at radius 2 is 1.58 bits per heavy atom. The lowest BCUT2D eigenvalue weighted by molar-refractivity contribution is 0.768. The van der Waals surface area contributed by atoms with E-state index in [1.165, 1.54) is 22.3 Å². The van der Waals surface area contributed by atoms with E-state index < -0.39 is 0 Å². The average molecular weight is 361 g/mol. The van der Waals surface area contributed by atoms with Crippen LogP contribution in [0.5, 0.6) is 0 Å². The van der Waals surface area contributed by atoms with Crippen molar-refractivity contribution in [3.63, 3.8) is 0 Å². The summed E-state index contributed by atoms with van der Waals surface area (Å²) in [4.78, 5) is 0. The van der Waals surface area contributed by atoms with Crippen molar-refractivity contribution in [2.24, 2.45) is 0 Å². The van der Waals surface area contributed by atoms with Crippen LogP contribution in [0.15, 0.2) is 78.9 Å². The van der Waals surface area contributed by atoms with Crippen molar-refractivity contribution in [3.05, 3.63) is 101 Å². The van der Waals surface area contributed by atoms with Gasteiger partial charge in [-0.25, -0.2) is 0 Å². The van der Waals surface area contributed by atoms with Gasteiger partial charge in [0.2, 0.25) is 0 Å². The number of nitrogens with one attached hydrogen (secondary N) is 2. The molecule has 0 fully saturated rings. The van der Waals surface area contributed by atoms with Crippen LogP contribution < -0.4 is 10.6 Å². The molecule has 2 N–H and O–H groups in total. The molecule has 0 radical (unpaired) electrons. The van der Waals surface area contributed by atoms with Gasteiger partial charge in [0.15, 0.2) is 5.11 Å². The van der Waals surface area contributed by atoms with Gasteiger partial charge in [-0.15, -0.1) is 0 Å². The highest BCUT2D eigenvalue weighted by Crippen LogP contribution is 2.23. The van der Waals surface area contributed by atoms with Crippen molar-refractivity contribution < 1.29 is 0 Å². The number of aryl methyl sites for hydroxylation is 2. The Morgan fingerprint density at radius 1 is 0.885 bits per heavy atom. The summed E-state index contributed by atoms with van der Waals surface area (Å²) < 4.78 is 0. The largest absolute Gasteiger partial charge is 0.352 e. The number of anilines is 1. The Labute approximate surface area is 161 Å². The number of thiocarbonyl (C=S) groups is 1. The van der Waals surface area contributed by atoms with Crippen molar-refractivity contribution in [2.45, 2.75) is 26.3 Å². The molecule has 1 atom stereocenters. The predicted octanol–water partition coefficient (Wildman–Crippen LogP) is 5.63. The number of rotatable bonds is 5. The Kier molecular flexibility index (Phi) is 6.03. The average Bonchev–Trinajstić information content (AvgIpc) is 2.67. The standard InChI is InChI=1S/C23H24N2S/c1-3-18-12-14-21(15-13-18)24-23(26)25-22(19-9-5-4-6-10-19)20-11-7-8-17(2)16-20/h4-16,22H,3H2,1-2H3,(H2,24,25,26)/t22-/m1/s1. The number of benzene rings is 3. The van der Waals surface area contributed by atoms with Gasteiger partial charge in [-0.2, -0.15) is 0 Å². The van der Waals surface area contributed by atoms with Gasteiger partial charge in [0, 0.05) is 5.69 Å². The van der Waals surface area contributed by atoms with Crippen LogP contribution in [0.3, 0.4) is 0 Å². The van der Waals surface area contributed by atoms with E-state index in [0.717, 1.165) is 12.1 Å². The molecule has 0 saturated heterocycles. The minimum Gasteiger partial charge on any atom is -0.352 e. The van der Waals surface area contributed by atoms with Crippen LogP contribution in [-0.2, 0) is 6.42 Å². The second kappa shape index (κ2) is 8.63. The molecule has 0 amide bonds. The molecule has 3 rings (SSSR count). The van der Waals surface area contributed by atoms with Gasteiger partial charge in [-0.1, -0.05) is 79.2 Å². The van der Waals surface area contributed by atoms with E-state index in [1.807, 2.05) is 6.07 Å². The molecule has 0 bridgehead atoms. The molecule has 2 nitrogen and oxygen atoms in total. The van der Waals surface area contributed by atoms with Crippen LogP contribution in [0.1, 0.15) is 35.2 Å². The lowest BCUT2D eigenvalue weighted by Gasteiger charge is -2.22. The van der Waals surface area contributed by atoms with Gasteiger partial charge >= 0.3 is 0 Å². The summed E-state index contributed by atoms with van der Waals surface area (Å²) in [6, 6.07) is 27.3. The highest BCUT2D eigenvalue weighted by atomic mass is 32.1. The van der Waals surface area contributed by atoms with E-state index in [2.05, 4.69) is 97.3 Å². The molecule has 0 aliphatic rings. The number of hydrogen-bond acceptors (Lipinski definition) is 1. The first kappa shape index (κ1) is 18.2. The van der Waals surface area contributed by atoms with E-state index in [4.69, 9.17) is 12.2 Å². The normalized spacial score (nSPS) is 11.6. The van der Waals surface area contributed by atoms with E-state index >= 15 is 0 Å². The van der Waals surface area contributed by atoms with E-state index in [0.29, 0.717) is 5.11 Å². The lowest BCUT2D eigenvalue weighted by atomic mass is 9.97. The first-order chi connectivity index (χ1) is 12.7. The zero-order valence-corrected chi connectivity index (χ0v) is 16.0. The third kappa shape index (κ3) is 4.70. The van der Waals surface area contributed by atoms with Crippen molar-refractivity contribution in [1.82, 2.24) is 5.32 Å². The molecule has 0 unspecified atom stereocenters. The minimum absolute atomic E-state index is 0.00557. The molecular weight excluding hydrogens is 336 g/mol. The monoisotopic (exact) mass is 360 g/mol. The molecule has 26 heavy (non-hydrogen) atoms. The third-order valence-corrected chi connectivity index (χ3v) is 4.62. The quantitative estimate of drug-likeness (QED) is 0.576. The minimum atomic E-state index is 0.00557. The fourth-order valence-electron chi connectivity index (χ4n) is 2.98. The topological polar surface area (TPSA) is 24.1 Å². The fraction of sp³-hybridized carbons (Fsp3) is 0.174. The molecule has 0 aliphatic carbocycles. The molecule has 3 aromatic carbocycles. The van der Waals surface area contributed by atoms with Crippen LogP contribution in [0, 0.1) is 6.92 Å². The van der Waals surface area contributed by atoms with E-state index in [1.54, 1.807) is 0 Å². The molecule has 0 heterocycles. The van der Waals surface area contributed by atoms with Gasteiger partial charge in [0.25, 0.3) is 0 Å². The lowest BCUT2D eigenvalue weighted by Crippen LogP contribution is -2.33. The Bertz CT molecular complexity index is 857. The maximum Gasteiger partial charge on any atom is 0.171 e. The third-order valence-electron chi connectivity index (χ3n) is 4.40. The summed E-state index contributed by atoms with van der Waals surface area (Å²) in [7, 11) is 0. The zero-order chi connectivity index (χ0) is 18.4. The highest BCUT2D eigenvalue weighted by Gasteiger charge is 2.15. The fourth-order valence-corrected chi connectivity index (χ4v) is 3.21. The second-order valence-corrected chi connectivity index (χ2v) is 6.82. The highest BCUT2D eigenvalue weighted by molar-refractivity contribution is 7.80. The van der Waals surface area contributed by atoms with E-state index in [-0.39, 0.29) is 6.04 Å². The Hall–Kier alpha value is -2.65. The summed E-state index contributed by atoms with van der Waals surface area (Å²) in [5.74, 6) is 0. The molecular formula is C23H24N2S. The van der Waals surface area contributed by atoms with Crippen LogP contribution in [0.2, 0.25) is 0 Å². The number of hydrogen-bond donors (Lipinski definition) is 2. The van der Waals surface area contributed by atoms with Crippen LogP contribution >= 0.6 is 12.2 Å². The summed E-state index contributed by atoms with van der Waals surface area (Å²) in [6.45, 7) is 4.26. The smallest absolute Gasteiger partial charge is 0.171 e. The van der Waals surface area contributed by atoms with Crippen LogP contribution in [0.4, 0.5) is 5.69 Å². The first-order valence-corrected chi connectivity index (χ1v) is 9.34. The van der Waals surface area contributed by atoms with E-state index in [9.17, 15) is 0 Å². The first-order valence-electron chi connectivity index (χ1n) is 8.93.